The van der Waals surface area contributed by atoms with Crippen molar-refractivity contribution in [3.05, 3.63) is 59.1 Å². The normalized spacial score (nSPS) is 11.9. The molecule has 0 bridgehead atoms. The van der Waals surface area contributed by atoms with E-state index >= 15 is 0 Å². The molecule has 8 heteroatoms. The van der Waals surface area contributed by atoms with Crippen molar-refractivity contribution in [3.63, 3.8) is 0 Å². The van der Waals surface area contributed by atoms with Crippen LogP contribution in [0.25, 0.3) is 5.69 Å². The van der Waals surface area contributed by atoms with Gasteiger partial charge in [0.15, 0.2) is 0 Å². The van der Waals surface area contributed by atoms with Gasteiger partial charge < -0.3 is 5.32 Å². The van der Waals surface area contributed by atoms with Gasteiger partial charge in [0.1, 0.15) is 0 Å². The first-order valence-corrected chi connectivity index (χ1v) is 8.87. The smallest absolute Gasteiger partial charge is 0.237 e. The summed E-state index contributed by atoms with van der Waals surface area (Å²) >= 11 is 4.68. The number of thioether (sulfide) groups is 1. The number of carbonyl (C=O) groups excluding carboxylic acids is 1. The van der Waals surface area contributed by atoms with Gasteiger partial charge in [-0.3, -0.25) is 4.79 Å². The number of nitrogens with one attached hydrogen (secondary N) is 1. The minimum atomic E-state index is -0.345. The van der Waals surface area contributed by atoms with E-state index in [0.717, 1.165) is 15.8 Å². The molecule has 122 valence electrons. The van der Waals surface area contributed by atoms with Crippen LogP contribution < -0.4 is 5.32 Å². The van der Waals surface area contributed by atoms with E-state index in [4.69, 9.17) is 0 Å². The quantitative estimate of drug-likeness (QED) is 0.659. The van der Waals surface area contributed by atoms with Crippen LogP contribution in [0.1, 0.15) is 6.92 Å². The van der Waals surface area contributed by atoms with E-state index in [1.807, 2.05) is 61.5 Å². The third kappa shape index (κ3) is 4.01. The second-order valence-corrected chi connectivity index (χ2v) is 7.19. The first-order chi connectivity index (χ1) is 11.6. The molecule has 0 fully saturated rings. The summed E-state index contributed by atoms with van der Waals surface area (Å²) in [5, 5.41) is 14.8. The average molecular weight is 404 g/mol. The molecule has 0 aliphatic rings. The predicted molar refractivity (Wildman–Crippen MR) is 97.2 cm³/mol. The van der Waals surface area contributed by atoms with Crippen LogP contribution in [0, 0.1) is 0 Å². The Balaban J connectivity index is 1.69. The number of aromatic nitrogens is 4. The lowest BCUT2D eigenvalue weighted by atomic mass is 10.3. The molecule has 0 aliphatic heterocycles. The van der Waals surface area contributed by atoms with Crippen LogP contribution in [0.3, 0.4) is 0 Å². The largest absolute Gasteiger partial charge is 0.325 e. The molecule has 0 saturated heterocycles. The van der Waals surface area contributed by atoms with Crippen LogP contribution in [0.4, 0.5) is 5.69 Å². The van der Waals surface area contributed by atoms with Crippen LogP contribution in [-0.2, 0) is 4.79 Å². The summed E-state index contributed by atoms with van der Waals surface area (Å²) in [7, 11) is 0. The Bertz CT molecular complexity index is 822. The molecule has 1 atom stereocenters. The fourth-order valence-corrected chi connectivity index (χ4v) is 3.04. The molecule has 1 unspecified atom stereocenters. The number of benzene rings is 2. The number of halogens is 1. The molecule has 1 heterocycles. The molecule has 6 nitrogen and oxygen atoms in total. The zero-order chi connectivity index (χ0) is 16.9. The fraction of sp³-hybridized carbons (Fsp3) is 0.125. The summed E-state index contributed by atoms with van der Waals surface area (Å²) in [5.41, 5.74) is 1.60. The molecule has 1 amide bonds. The van der Waals surface area contributed by atoms with Crippen molar-refractivity contribution in [1.29, 1.82) is 0 Å². The third-order valence-electron chi connectivity index (χ3n) is 3.20. The molecule has 0 saturated carbocycles. The number of anilines is 1. The molecule has 0 aliphatic carbocycles. The van der Waals surface area contributed by atoms with Crippen LogP contribution in [0.2, 0.25) is 0 Å². The third-order valence-corrected chi connectivity index (χ3v) is 4.77. The lowest BCUT2D eigenvalue weighted by Crippen LogP contribution is -2.22. The molecule has 0 radical (unpaired) electrons. The highest BCUT2D eigenvalue weighted by Crippen LogP contribution is 2.24. The zero-order valence-corrected chi connectivity index (χ0v) is 15.2. The SMILES string of the molecule is CC(Sc1nnnn1-c1ccccc1)C(=O)Nc1ccc(Br)cc1. The number of rotatable bonds is 5. The fourth-order valence-electron chi connectivity index (χ4n) is 1.97. The van der Waals surface area contributed by atoms with Gasteiger partial charge in [0.05, 0.1) is 10.9 Å². The van der Waals surface area contributed by atoms with Gasteiger partial charge in [-0.25, -0.2) is 0 Å². The van der Waals surface area contributed by atoms with Crippen LogP contribution >= 0.6 is 27.7 Å². The molecular formula is C16H14BrN5OS. The summed E-state index contributed by atoms with van der Waals surface area (Å²) in [6.45, 7) is 1.82. The Morgan fingerprint density at radius 2 is 1.88 bits per heavy atom. The Labute approximate surface area is 151 Å². The lowest BCUT2D eigenvalue weighted by Gasteiger charge is -2.11. The van der Waals surface area contributed by atoms with Gasteiger partial charge in [0.2, 0.25) is 11.1 Å². The number of hydrogen-bond donors (Lipinski definition) is 1. The molecule has 2 aromatic carbocycles. The Morgan fingerprint density at radius 3 is 2.58 bits per heavy atom. The van der Waals surface area contributed by atoms with Gasteiger partial charge >= 0.3 is 0 Å². The zero-order valence-electron chi connectivity index (χ0n) is 12.8. The summed E-state index contributed by atoms with van der Waals surface area (Å²) in [6, 6.07) is 17.0. The van der Waals surface area contributed by atoms with E-state index in [1.165, 1.54) is 11.8 Å². The van der Waals surface area contributed by atoms with Gasteiger partial charge in [-0.05, 0) is 53.7 Å². The minimum Gasteiger partial charge on any atom is -0.325 e. The number of hydrogen-bond acceptors (Lipinski definition) is 5. The van der Waals surface area contributed by atoms with E-state index in [2.05, 4.69) is 36.8 Å². The predicted octanol–water partition coefficient (Wildman–Crippen LogP) is 3.54. The summed E-state index contributed by atoms with van der Waals surface area (Å²) in [4.78, 5) is 12.3. The number of nitrogens with zero attached hydrogens (tertiary/aromatic N) is 4. The van der Waals surface area contributed by atoms with Gasteiger partial charge in [-0.1, -0.05) is 45.9 Å². The first-order valence-electron chi connectivity index (χ1n) is 7.20. The molecule has 3 aromatic rings. The van der Waals surface area contributed by atoms with Gasteiger partial charge in [-0.15, -0.1) is 5.10 Å². The highest BCUT2D eigenvalue weighted by atomic mass is 79.9. The second kappa shape index (κ2) is 7.59. The van der Waals surface area contributed by atoms with Crippen molar-refractivity contribution in [2.45, 2.75) is 17.3 Å². The maximum atomic E-state index is 12.3. The monoisotopic (exact) mass is 403 g/mol. The molecule has 1 aromatic heterocycles. The molecular weight excluding hydrogens is 390 g/mol. The van der Waals surface area contributed by atoms with Crippen LogP contribution in [0.15, 0.2) is 64.2 Å². The maximum Gasteiger partial charge on any atom is 0.237 e. The Hall–Kier alpha value is -2.19. The van der Waals surface area contributed by atoms with E-state index in [-0.39, 0.29) is 11.2 Å². The van der Waals surface area contributed by atoms with E-state index in [0.29, 0.717) is 5.16 Å². The average Bonchev–Trinajstić information content (AvgIpc) is 3.05. The highest BCUT2D eigenvalue weighted by molar-refractivity contribution is 9.10. The van der Waals surface area contributed by atoms with Gasteiger partial charge in [0.25, 0.3) is 0 Å². The molecule has 1 N–H and O–H groups in total. The summed E-state index contributed by atoms with van der Waals surface area (Å²) in [5.74, 6) is -0.107. The number of carbonyl (C=O) groups is 1. The first kappa shape index (κ1) is 16.7. The number of amides is 1. The van der Waals surface area contributed by atoms with Crippen molar-refractivity contribution >= 4 is 39.3 Å². The van der Waals surface area contributed by atoms with Crippen molar-refractivity contribution < 1.29 is 4.79 Å². The Morgan fingerprint density at radius 1 is 1.17 bits per heavy atom. The maximum absolute atomic E-state index is 12.3. The number of para-hydroxylation sites is 1. The van der Waals surface area contributed by atoms with Crippen LogP contribution in [0.5, 0.6) is 0 Å². The van der Waals surface area contributed by atoms with E-state index < -0.39 is 0 Å². The van der Waals surface area contributed by atoms with Crippen molar-refractivity contribution in [1.82, 2.24) is 20.2 Å². The van der Waals surface area contributed by atoms with Crippen LogP contribution in [-0.4, -0.2) is 31.4 Å². The topological polar surface area (TPSA) is 72.7 Å². The lowest BCUT2D eigenvalue weighted by molar-refractivity contribution is -0.115. The number of tetrazole rings is 1. The Kier molecular flexibility index (Phi) is 5.27. The highest BCUT2D eigenvalue weighted by Gasteiger charge is 2.19. The van der Waals surface area contributed by atoms with E-state index in [9.17, 15) is 4.79 Å². The van der Waals surface area contributed by atoms with Gasteiger partial charge in [0, 0.05) is 10.2 Å². The molecule has 0 spiro atoms. The van der Waals surface area contributed by atoms with Crippen molar-refractivity contribution in [3.8, 4) is 5.69 Å². The minimum absolute atomic E-state index is 0.107. The van der Waals surface area contributed by atoms with Crippen molar-refractivity contribution in [2.24, 2.45) is 0 Å². The molecule has 24 heavy (non-hydrogen) atoms. The van der Waals surface area contributed by atoms with Gasteiger partial charge in [-0.2, -0.15) is 4.68 Å². The summed E-state index contributed by atoms with van der Waals surface area (Å²) in [6.07, 6.45) is 0. The summed E-state index contributed by atoms with van der Waals surface area (Å²) < 4.78 is 2.58. The second-order valence-electron chi connectivity index (χ2n) is 4.97. The standard InChI is InChI=1S/C16H14BrN5OS/c1-11(15(23)18-13-9-7-12(17)8-10-13)24-16-19-20-21-22(16)14-5-3-2-4-6-14/h2-11H,1H3,(H,18,23). The van der Waals surface area contributed by atoms with E-state index in [1.54, 1.807) is 4.68 Å². The molecule has 3 rings (SSSR count). The van der Waals surface area contributed by atoms with Crippen molar-refractivity contribution in [2.75, 3.05) is 5.32 Å².